The van der Waals surface area contributed by atoms with Crippen LogP contribution in [0, 0.1) is 6.92 Å². The summed E-state index contributed by atoms with van der Waals surface area (Å²) in [5.41, 5.74) is 13.2. The standard InChI is InChI=1S/C47H32N4/c1-31-28-34(24-26-36(31)42-30-41(32-14-4-2-5-15-32)48-47(49-42)33-16-6-3-7-17-33)50-45-23-13-10-20-39(45)40-29-35(25-27-46(40)50)51-43-21-11-8-18-37(43)38-19-9-12-22-44(38)51/h2-30H,1H3. The van der Waals surface area contributed by atoms with E-state index in [0.717, 1.165) is 50.8 Å². The zero-order valence-electron chi connectivity index (χ0n) is 28.0. The molecule has 4 nitrogen and oxygen atoms in total. The zero-order chi connectivity index (χ0) is 33.9. The van der Waals surface area contributed by atoms with Crippen molar-refractivity contribution >= 4 is 43.6 Å². The molecule has 0 unspecified atom stereocenters. The highest BCUT2D eigenvalue weighted by Crippen LogP contribution is 2.38. The lowest BCUT2D eigenvalue weighted by Gasteiger charge is -2.14. The largest absolute Gasteiger partial charge is 0.309 e. The van der Waals surface area contributed by atoms with Gasteiger partial charge in [0.25, 0.3) is 0 Å². The summed E-state index contributed by atoms with van der Waals surface area (Å²) in [5, 5.41) is 4.98. The van der Waals surface area contributed by atoms with Crippen LogP contribution in [0.5, 0.6) is 0 Å². The van der Waals surface area contributed by atoms with Gasteiger partial charge in [0, 0.05) is 49.6 Å². The molecule has 0 atom stereocenters. The number of rotatable bonds is 5. The molecule has 0 aliphatic rings. The molecule has 7 aromatic carbocycles. The molecule has 240 valence electrons. The number of hydrogen-bond donors (Lipinski definition) is 0. The summed E-state index contributed by atoms with van der Waals surface area (Å²) < 4.78 is 4.78. The fourth-order valence-corrected chi connectivity index (χ4v) is 7.71. The van der Waals surface area contributed by atoms with Crippen molar-refractivity contribution < 1.29 is 0 Å². The summed E-state index contributed by atoms with van der Waals surface area (Å²) in [6.45, 7) is 2.18. The summed E-state index contributed by atoms with van der Waals surface area (Å²) in [7, 11) is 0. The van der Waals surface area contributed by atoms with Gasteiger partial charge in [-0.05, 0) is 67.1 Å². The Morgan fingerprint density at radius 1 is 0.373 bits per heavy atom. The number of fused-ring (bicyclic) bond motifs is 6. The molecule has 0 N–H and O–H groups in total. The van der Waals surface area contributed by atoms with Gasteiger partial charge in [0.15, 0.2) is 5.82 Å². The molecule has 51 heavy (non-hydrogen) atoms. The molecular formula is C47H32N4. The molecule has 0 aliphatic heterocycles. The number of aryl methyl sites for hydroxylation is 1. The van der Waals surface area contributed by atoms with Crippen LogP contribution in [0.1, 0.15) is 5.56 Å². The Morgan fingerprint density at radius 3 is 1.45 bits per heavy atom. The van der Waals surface area contributed by atoms with Gasteiger partial charge in [-0.1, -0.05) is 121 Å². The molecule has 0 spiro atoms. The predicted molar refractivity (Wildman–Crippen MR) is 212 cm³/mol. The van der Waals surface area contributed by atoms with Crippen molar-refractivity contribution in [3.8, 4) is 45.3 Å². The van der Waals surface area contributed by atoms with E-state index in [1.54, 1.807) is 0 Å². The van der Waals surface area contributed by atoms with E-state index in [1.807, 2.05) is 24.3 Å². The zero-order valence-corrected chi connectivity index (χ0v) is 28.0. The molecule has 3 aromatic heterocycles. The maximum Gasteiger partial charge on any atom is 0.160 e. The van der Waals surface area contributed by atoms with Gasteiger partial charge in [0.1, 0.15) is 0 Å². The minimum Gasteiger partial charge on any atom is -0.309 e. The molecule has 0 radical (unpaired) electrons. The van der Waals surface area contributed by atoms with E-state index in [4.69, 9.17) is 9.97 Å². The maximum absolute atomic E-state index is 5.11. The van der Waals surface area contributed by atoms with Crippen LogP contribution >= 0.6 is 0 Å². The highest BCUT2D eigenvalue weighted by molar-refractivity contribution is 6.12. The van der Waals surface area contributed by atoms with E-state index in [0.29, 0.717) is 0 Å². The summed E-state index contributed by atoms with van der Waals surface area (Å²) in [4.78, 5) is 10.1. The summed E-state index contributed by atoms with van der Waals surface area (Å²) in [5.74, 6) is 0.719. The number of benzene rings is 7. The van der Waals surface area contributed by atoms with Crippen molar-refractivity contribution in [2.24, 2.45) is 0 Å². The fourth-order valence-electron chi connectivity index (χ4n) is 7.71. The molecule has 0 fully saturated rings. The van der Waals surface area contributed by atoms with Crippen molar-refractivity contribution in [1.82, 2.24) is 19.1 Å². The Labute approximate surface area is 295 Å². The lowest BCUT2D eigenvalue weighted by atomic mass is 10.0. The Kier molecular flexibility index (Phi) is 6.68. The van der Waals surface area contributed by atoms with Crippen LogP contribution in [-0.2, 0) is 0 Å². The smallest absolute Gasteiger partial charge is 0.160 e. The van der Waals surface area contributed by atoms with Gasteiger partial charge < -0.3 is 9.13 Å². The van der Waals surface area contributed by atoms with E-state index in [2.05, 4.69) is 168 Å². The highest BCUT2D eigenvalue weighted by Gasteiger charge is 2.18. The number of hydrogen-bond acceptors (Lipinski definition) is 2. The predicted octanol–water partition coefficient (Wildman–Crippen LogP) is 12.0. The highest BCUT2D eigenvalue weighted by atomic mass is 15.0. The Morgan fingerprint density at radius 2 is 0.843 bits per heavy atom. The van der Waals surface area contributed by atoms with Gasteiger partial charge in [0.2, 0.25) is 0 Å². The second-order valence-corrected chi connectivity index (χ2v) is 13.1. The van der Waals surface area contributed by atoms with Crippen molar-refractivity contribution in [3.63, 3.8) is 0 Å². The van der Waals surface area contributed by atoms with Gasteiger partial charge in [-0.25, -0.2) is 9.97 Å². The molecule has 10 rings (SSSR count). The minimum atomic E-state index is 0.719. The summed E-state index contributed by atoms with van der Waals surface area (Å²) >= 11 is 0. The van der Waals surface area contributed by atoms with Crippen LogP contribution in [0.25, 0.3) is 88.9 Å². The van der Waals surface area contributed by atoms with E-state index in [-0.39, 0.29) is 0 Å². The molecular weight excluding hydrogens is 621 g/mol. The monoisotopic (exact) mass is 652 g/mol. The van der Waals surface area contributed by atoms with Crippen molar-refractivity contribution in [2.45, 2.75) is 6.92 Å². The fraction of sp³-hybridized carbons (Fsp3) is 0.0213. The lowest BCUT2D eigenvalue weighted by Crippen LogP contribution is -1.99. The molecule has 0 bridgehead atoms. The second-order valence-electron chi connectivity index (χ2n) is 13.1. The molecule has 0 aliphatic carbocycles. The van der Waals surface area contributed by atoms with Crippen LogP contribution in [0.3, 0.4) is 0 Å². The van der Waals surface area contributed by atoms with Crippen molar-refractivity contribution in [1.29, 1.82) is 0 Å². The lowest BCUT2D eigenvalue weighted by molar-refractivity contribution is 1.15. The molecule has 0 saturated carbocycles. The van der Waals surface area contributed by atoms with E-state index in [1.165, 1.54) is 43.6 Å². The van der Waals surface area contributed by atoms with Crippen molar-refractivity contribution in [3.05, 3.63) is 181 Å². The van der Waals surface area contributed by atoms with Crippen LogP contribution in [0.4, 0.5) is 0 Å². The average molecular weight is 653 g/mol. The molecule has 4 heteroatoms. The number of nitrogens with zero attached hydrogens (tertiary/aromatic N) is 4. The first kappa shape index (κ1) is 29.2. The Balaban J connectivity index is 1.13. The third kappa shape index (κ3) is 4.76. The molecule has 3 heterocycles. The maximum atomic E-state index is 5.11. The SMILES string of the molecule is Cc1cc(-n2c3ccccc3c3cc(-n4c5ccccc5c5ccccc54)ccc32)ccc1-c1cc(-c2ccccc2)nc(-c2ccccc2)n1. The number of aromatic nitrogens is 4. The minimum absolute atomic E-state index is 0.719. The Hall–Kier alpha value is -6.78. The van der Waals surface area contributed by atoms with Crippen LogP contribution in [0.15, 0.2) is 176 Å². The third-order valence-electron chi connectivity index (χ3n) is 10.1. The first-order valence-corrected chi connectivity index (χ1v) is 17.3. The normalized spacial score (nSPS) is 11.6. The summed E-state index contributed by atoms with van der Waals surface area (Å²) in [6, 6.07) is 62.4. The van der Waals surface area contributed by atoms with Gasteiger partial charge >= 0.3 is 0 Å². The first-order chi connectivity index (χ1) is 25.2. The quantitative estimate of drug-likeness (QED) is 0.185. The van der Waals surface area contributed by atoms with Crippen LogP contribution in [0.2, 0.25) is 0 Å². The topological polar surface area (TPSA) is 35.6 Å². The third-order valence-corrected chi connectivity index (χ3v) is 10.1. The first-order valence-electron chi connectivity index (χ1n) is 17.3. The van der Waals surface area contributed by atoms with Crippen LogP contribution < -0.4 is 0 Å². The van der Waals surface area contributed by atoms with Gasteiger partial charge in [0.05, 0.1) is 33.5 Å². The number of para-hydroxylation sites is 3. The van der Waals surface area contributed by atoms with Gasteiger partial charge in [-0.15, -0.1) is 0 Å². The average Bonchev–Trinajstić information content (AvgIpc) is 3.71. The second kappa shape index (κ2) is 11.7. The summed E-state index contributed by atoms with van der Waals surface area (Å²) in [6.07, 6.45) is 0. The molecule has 10 aromatic rings. The molecule has 0 saturated heterocycles. The Bertz CT molecular complexity index is 2810. The van der Waals surface area contributed by atoms with E-state index >= 15 is 0 Å². The molecule has 0 amide bonds. The van der Waals surface area contributed by atoms with Crippen molar-refractivity contribution in [2.75, 3.05) is 0 Å². The van der Waals surface area contributed by atoms with E-state index in [9.17, 15) is 0 Å². The van der Waals surface area contributed by atoms with Crippen LogP contribution in [-0.4, -0.2) is 19.1 Å². The van der Waals surface area contributed by atoms with E-state index < -0.39 is 0 Å². The van der Waals surface area contributed by atoms with Gasteiger partial charge in [-0.3, -0.25) is 0 Å². The van der Waals surface area contributed by atoms with Gasteiger partial charge in [-0.2, -0.15) is 0 Å².